The first-order chi connectivity index (χ1) is 8.68. The second kappa shape index (κ2) is 5.85. The Labute approximate surface area is 107 Å². The minimum Gasteiger partial charge on any atom is -0.396 e. The van der Waals surface area contributed by atoms with E-state index in [0.717, 1.165) is 25.9 Å². The summed E-state index contributed by atoms with van der Waals surface area (Å²) in [5.41, 5.74) is 6.01. The first-order valence-electron chi connectivity index (χ1n) is 6.53. The molecule has 1 fully saturated rings. The van der Waals surface area contributed by atoms with Gasteiger partial charge in [0.1, 0.15) is 5.82 Å². The Bertz CT molecular complexity index is 426. The highest BCUT2D eigenvalue weighted by atomic mass is 19.1. The summed E-state index contributed by atoms with van der Waals surface area (Å²) >= 11 is 0. The van der Waals surface area contributed by atoms with Crippen molar-refractivity contribution in [2.45, 2.75) is 32.1 Å². The molecule has 0 saturated carbocycles. The number of carbonyl (C=O) groups is 1. The maximum Gasteiger partial charge on any atom is 0.253 e. The van der Waals surface area contributed by atoms with E-state index in [2.05, 4.69) is 0 Å². The van der Waals surface area contributed by atoms with Crippen LogP contribution in [0.2, 0.25) is 0 Å². The summed E-state index contributed by atoms with van der Waals surface area (Å²) in [4.78, 5) is 14.1. The lowest BCUT2D eigenvalue weighted by Gasteiger charge is -2.25. The molecule has 1 aliphatic rings. The number of rotatable bonds is 1. The van der Waals surface area contributed by atoms with Crippen LogP contribution in [-0.2, 0) is 0 Å². The third kappa shape index (κ3) is 3.00. The lowest BCUT2D eigenvalue weighted by atomic mass is 10.1. The molecule has 1 aliphatic heterocycles. The summed E-state index contributed by atoms with van der Waals surface area (Å²) in [5.74, 6) is -0.511. The molecule has 2 rings (SSSR count). The molecule has 18 heavy (non-hydrogen) atoms. The number of nitrogens with two attached hydrogens (primary N) is 1. The summed E-state index contributed by atoms with van der Waals surface area (Å²) in [6.45, 7) is 1.58. The van der Waals surface area contributed by atoms with Crippen molar-refractivity contribution in [2.75, 3.05) is 18.8 Å². The second-order valence-electron chi connectivity index (χ2n) is 4.80. The first-order valence-corrected chi connectivity index (χ1v) is 6.53. The van der Waals surface area contributed by atoms with Gasteiger partial charge in [-0.15, -0.1) is 0 Å². The maximum atomic E-state index is 13.1. The molecule has 3 nitrogen and oxygen atoms in total. The van der Waals surface area contributed by atoms with Gasteiger partial charge in [0.15, 0.2) is 0 Å². The van der Waals surface area contributed by atoms with E-state index in [9.17, 15) is 9.18 Å². The Morgan fingerprint density at radius 1 is 1.11 bits per heavy atom. The number of carbonyl (C=O) groups excluding carboxylic acids is 1. The fourth-order valence-electron chi connectivity index (χ4n) is 2.31. The summed E-state index contributed by atoms with van der Waals surface area (Å²) in [6.07, 6.45) is 5.70. The molecule has 1 aromatic carbocycles. The lowest BCUT2D eigenvalue weighted by Crippen LogP contribution is -2.33. The third-order valence-electron chi connectivity index (χ3n) is 3.39. The Kier molecular flexibility index (Phi) is 4.18. The highest BCUT2D eigenvalue weighted by Crippen LogP contribution is 2.17. The van der Waals surface area contributed by atoms with Gasteiger partial charge in [0.25, 0.3) is 5.91 Å². The topological polar surface area (TPSA) is 46.3 Å². The zero-order chi connectivity index (χ0) is 13.0. The van der Waals surface area contributed by atoms with Gasteiger partial charge in [0.05, 0.1) is 5.69 Å². The number of nitrogens with zero attached hydrogens (tertiary/aromatic N) is 1. The smallest absolute Gasteiger partial charge is 0.253 e. The zero-order valence-electron chi connectivity index (χ0n) is 10.5. The molecule has 1 amide bonds. The standard InChI is InChI=1S/C14H19FN2O/c15-12-7-6-11(10-13(12)16)14(18)17-8-4-2-1-3-5-9-17/h6-7,10H,1-5,8-9,16H2. The van der Waals surface area contributed by atoms with Crippen molar-refractivity contribution in [3.8, 4) is 0 Å². The van der Waals surface area contributed by atoms with Crippen molar-refractivity contribution in [3.63, 3.8) is 0 Å². The zero-order valence-corrected chi connectivity index (χ0v) is 10.5. The molecule has 0 unspecified atom stereocenters. The molecule has 1 aromatic rings. The van der Waals surface area contributed by atoms with Crippen molar-refractivity contribution < 1.29 is 9.18 Å². The number of amides is 1. The molecule has 1 heterocycles. The molecule has 0 bridgehead atoms. The van der Waals surface area contributed by atoms with E-state index < -0.39 is 5.82 Å². The van der Waals surface area contributed by atoms with Crippen LogP contribution in [0.25, 0.3) is 0 Å². The van der Waals surface area contributed by atoms with Gasteiger partial charge in [-0.1, -0.05) is 19.3 Å². The second-order valence-corrected chi connectivity index (χ2v) is 4.80. The summed E-state index contributed by atoms with van der Waals surface area (Å²) in [7, 11) is 0. The minimum absolute atomic E-state index is 0.0351. The minimum atomic E-state index is -0.473. The first kappa shape index (κ1) is 12.9. The van der Waals surface area contributed by atoms with E-state index in [-0.39, 0.29) is 11.6 Å². The molecule has 0 aromatic heterocycles. The summed E-state index contributed by atoms with van der Waals surface area (Å²) in [5, 5.41) is 0. The molecule has 4 heteroatoms. The maximum absolute atomic E-state index is 13.1. The molecule has 2 N–H and O–H groups in total. The number of likely N-dealkylation sites (tertiary alicyclic amines) is 1. The molecule has 0 aliphatic carbocycles. The van der Waals surface area contributed by atoms with Gasteiger partial charge < -0.3 is 10.6 Å². The number of benzene rings is 1. The van der Waals surface area contributed by atoms with Crippen LogP contribution in [0.1, 0.15) is 42.5 Å². The highest BCUT2D eigenvalue weighted by Gasteiger charge is 2.17. The number of anilines is 1. The normalized spacial score (nSPS) is 17.1. The van der Waals surface area contributed by atoms with Crippen LogP contribution in [0.3, 0.4) is 0 Å². The third-order valence-corrected chi connectivity index (χ3v) is 3.39. The van der Waals surface area contributed by atoms with Crippen molar-refractivity contribution in [3.05, 3.63) is 29.6 Å². The van der Waals surface area contributed by atoms with Crippen LogP contribution < -0.4 is 5.73 Å². The van der Waals surface area contributed by atoms with Gasteiger partial charge in [-0.2, -0.15) is 0 Å². The predicted octanol–water partition coefficient (Wildman–Crippen LogP) is 2.81. The molecule has 98 valence electrons. The Morgan fingerprint density at radius 2 is 1.72 bits per heavy atom. The van der Waals surface area contributed by atoms with E-state index in [1.165, 1.54) is 37.5 Å². The van der Waals surface area contributed by atoms with Crippen molar-refractivity contribution in [1.29, 1.82) is 0 Å². The van der Waals surface area contributed by atoms with Crippen LogP contribution in [0.5, 0.6) is 0 Å². The predicted molar refractivity (Wildman–Crippen MR) is 69.8 cm³/mol. The van der Waals surface area contributed by atoms with E-state index in [1.54, 1.807) is 0 Å². The quantitative estimate of drug-likeness (QED) is 0.779. The fourth-order valence-corrected chi connectivity index (χ4v) is 2.31. The number of nitrogen functional groups attached to an aromatic ring is 1. The van der Waals surface area contributed by atoms with E-state index >= 15 is 0 Å². The number of hydrogen-bond donors (Lipinski definition) is 1. The Morgan fingerprint density at radius 3 is 2.33 bits per heavy atom. The van der Waals surface area contributed by atoms with Crippen LogP contribution in [0.15, 0.2) is 18.2 Å². The Balaban J connectivity index is 2.10. The average Bonchev–Trinajstić information content (AvgIpc) is 2.31. The SMILES string of the molecule is Nc1cc(C(=O)N2CCCCCCC2)ccc1F. The van der Waals surface area contributed by atoms with Gasteiger partial charge in [-0.05, 0) is 31.0 Å². The van der Waals surface area contributed by atoms with Crippen molar-refractivity contribution in [2.24, 2.45) is 0 Å². The van der Waals surface area contributed by atoms with Crippen LogP contribution in [0.4, 0.5) is 10.1 Å². The molecular weight excluding hydrogens is 231 g/mol. The van der Waals surface area contributed by atoms with E-state index in [1.807, 2.05) is 4.90 Å². The van der Waals surface area contributed by atoms with Crippen molar-refractivity contribution >= 4 is 11.6 Å². The van der Waals surface area contributed by atoms with E-state index in [0.29, 0.717) is 5.56 Å². The number of halogens is 1. The highest BCUT2D eigenvalue weighted by molar-refractivity contribution is 5.95. The number of hydrogen-bond acceptors (Lipinski definition) is 2. The largest absolute Gasteiger partial charge is 0.396 e. The molecule has 0 spiro atoms. The van der Waals surface area contributed by atoms with E-state index in [4.69, 9.17) is 5.73 Å². The van der Waals surface area contributed by atoms with Crippen molar-refractivity contribution in [1.82, 2.24) is 4.90 Å². The average molecular weight is 250 g/mol. The molecule has 0 radical (unpaired) electrons. The monoisotopic (exact) mass is 250 g/mol. The molecular formula is C14H19FN2O. The van der Waals surface area contributed by atoms with Crippen LogP contribution in [0, 0.1) is 5.82 Å². The molecule has 0 atom stereocenters. The fraction of sp³-hybridized carbons (Fsp3) is 0.500. The molecule has 1 saturated heterocycles. The lowest BCUT2D eigenvalue weighted by molar-refractivity contribution is 0.0742. The van der Waals surface area contributed by atoms with Crippen LogP contribution in [-0.4, -0.2) is 23.9 Å². The summed E-state index contributed by atoms with van der Waals surface area (Å²) in [6, 6.07) is 4.19. The van der Waals surface area contributed by atoms with Crippen LogP contribution >= 0.6 is 0 Å². The Hall–Kier alpha value is -1.58. The van der Waals surface area contributed by atoms with Gasteiger partial charge in [-0.25, -0.2) is 4.39 Å². The van der Waals surface area contributed by atoms with Gasteiger partial charge in [-0.3, -0.25) is 4.79 Å². The van der Waals surface area contributed by atoms with Gasteiger partial charge >= 0.3 is 0 Å². The van der Waals surface area contributed by atoms with Gasteiger partial charge in [0.2, 0.25) is 0 Å². The summed E-state index contributed by atoms with van der Waals surface area (Å²) < 4.78 is 13.1. The van der Waals surface area contributed by atoms with Gasteiger partial charge in [0, 0.05) is 18.7 Å².